The van der Waals surface area contributed by atoms with Crippen molar-refractivity contribution in [2.75, 3.05) is 5.32 Å². The minimum Gasteiger partial charge on any atom is -0.347 e. The molecule has 2 aromatic rings. The zero-order chi connectivity index (χ0) is 12.1. The lowest BCUT2D eigenvalue weighted by atomic mass is 10.2. The number of nitrogens with zero attached hydrogens (tertiary/aromatic N) is 2. The second-order valence-electron chi connectivity index (χ2n) is 4.00. The smallest absolute Gasteiger partial charge is 0.169 e. The third-order valence-corrected chi connectivity index (χ3v) is 2.42. The van der Waals surface area contributed by atoms with Gasteiger partial charge in [-0.25, -0.2) is 9.55 Å². The molecule has 2 heterocycles. The van der Waals surface area contributed by atoms with E-state index in [9.17, 15) is 0 Å². The Morgan fingerprint density at radius 2 is 1.94 bits per heavy atom. The van der Waals surface area contributed by atoms with Gasteiger partial charge >= 0.3 is 0 Å². The molecular formula is C14H16N3+. The Bertz CT molecular complexity index is 498. The summed E-state index contributed by atoms with van der Waals surface area (Å²) < 4.78 is 2.01. The van der Waals surface area contributed by atoms with Crippen LogP contribution in [0.5, 0.6) is 0 Å². The van der Waals surface area contributed by atoms with E-state index in [0.717, 1.165) is 16.9 Å². The molecule has 86 valence electrons. The van der Waals surface area contributed by atoms with Crippen LogP contribution in [0.4, 0.5) is 5.82 Å². The van der Waals surface area contributed by atoms with Crippen LogP contribution in [0.1, 0.15) is 11.1 Å². The van der Waals surface area contributed by atoms with E-state index in [2.05, 4.69) is 22.4 Å². The second kappa shape index (κ2) is 5.25. The van der Waals surface area contributed by atoms with E-state index in [1.54, 1.807) is 0 Å². The number of hydrogen-bond acceptors (Lipinski definition) is 2. The highest BCUT2D eigenvalue weighted by Crippen LogP contribution is 2.04. The van der Waals surface area contributed by atoms with Crippen molar-refractivity contribution in [3.63, 3.8) is 0 Å². The average molecular weight is 226 g/mol. The van der Waals surface area contributed by atoms with Crippen molar-refractivity contribution in [1.29, 1.82) is 0 Å². The van der Waals surface area contributed by atoms with Gasteiger partial charge in [-0.15, -0.1) is 0 Å². The lowest BCUT2D eigenvalue weighted by molar-refractivity contribution is -0.671. The zero-order valence-corrected chi connectivity index (χ0v) is 10.1. The Labute approximate surface area is 101 Å². The van der Waals surface area contributed by atoms with E-state index in [1.165, 1.54) is 0 Å². The van der Waals surface area contributed by atoms with Crippen LogP contribution in [0.3, 0.4) is 0 Å². The van der Waals surface area contributed by atoms with Gasteiger partial charge in [-0.2, -0.15) is 0 Å². The van der Waals surface area contributed by atoms with Crippen LogP contribution in [0.25, 0.3) is 6.08 Å². The van der Waals surface area contributed by atoms with Gasteiger partial charge in [-0.3, -0.25) is 0 Å². The molecule has 0 amide bonds. The predicted molar refractivity (Wildman–Crippen MR) is 69.2 cm³/mol. The van der Waals surface area contributed by atoms with Gasteiger partial charge in [0, 0.05) is 24.5 Å². The van der Waals surface area contributed by atoms with Crippen LogP contribution in [-0.4, -0.2) is 4.98 Å². The number of aromatic nitrogens is 2. The monoisotopic (exact) mass is 226 g/mol. The summed E-state index contributed by atoms with van der Waals surface area (Å²) in [7, 11) is 2.00. The van der Waals surface area contributed by atoms with Gasteiger partial charge in [0.05, 0.1) is 0 Å². The lowest BCUT2D eigenvalue weighted by Gasteiger charge is -1.99. The van der Waals surface area contributed by atoms with E-state index in [1.807, 2.05) is 61.5 Å². The largest absolute Gasteiger partial charge is 0.347 e. The summed E-state index contributed by atoms with van der Waals surface area (Å²) in [4.78, 5) is 4.26. The molecule has 0 spiro atoms. The molecule has 0 saturated carbocycles. The molecular weight excluding hydrogens is 210 g/mol. The first-order valence-electron chi connectivity index (χ1n) is 5.55. The summed E-state index contributed by atoms with van der Waals surface area (Å²) in [6.07, 6.45) is 9.79. The molecule has 0 aliphatic rings. The number of hydrogen-bond donors (Lipinski definition) is 1. The SMILES string of the molecule is Cc1ccc(NC=Cc2cc[n+](C)cc2)nc1. The van der Waals surface area contributed by atoms with Crippen molar-refractivity contribution in [2.24, 2.45) is 7.05 Å². The fourth-order valence-corrected chi connectivity index (χ4v) is 1.40. The Morgan fingerprint density at radius 3 is 2.59 bits per heavy atom. The highest BCUT2D eigenvalue weighted by molar-refractivity contribution is 5.52. The summed E-state index contributed by atoms with van der Waals surface area (Å²) in [6, 6.07) is 8.11. The molecule has 0 atom stereocenters. The van der Waals surface area contributed by atoms with Crippen LogP contribution < -0.4 is 9.88 Å². The third kappa shape index (κ3) is 3.41. The van der Waals surface area contributed by atoms with E-state index >= 15 is 0 Å². The molecule has 0 unspecified atom stereocenters. The molecule has 3 nitrogen and oxygen atoms in total. The van der Waals surface area contributed by atoms with Crippen molar-refractivity contribution in [2.45, 2.75) is 6.92 Å². The molecule has 0 aromatic carbocycles. The lowest BCUT2D eigenvalue weighted by Crippen LogP contribution is -2.25. The van der Waals surface area contributed by atoms with Gasteiger partial charge in [-0.05, 0) is 30.2 Å². The minimum absolute atomic E-state index is 0.855. The molecule has 0 aliphatic carbocycles. The van der Waals surface area contributed by atoms with Crippen LogP contribution >= 0.6 is 0 Å². The summed E-state index contributed by atoms with van der Waals surface area (Å²) in [5, 5.41) is 3.14. The summed E-state index contributed by atoms with van der Waals surface area (Å²) >= 11 is 0. The van der Waals surface area contributed by atoms with Crippen molar-refractivity contribution >= 4 is 11.9 Å². The number of anilines is 1. The fourth-order valence-electron chi connectivity index (χ4n) is 1.40. The van der Waals surface area contributed by atoms with Gasteiger partial charge in [-0.1, -0.05) is 6.07 Å². The Balaban J connectivity index is 1.97. The first-order valence-corrected chi connectivity index (χ1v) is 5.55. The van der Waals surface area contributed by atoms with Crippen molar-refractivity contribution in [3.05, 3.63) is 60.2 Å². The molecule has 2 aromatic heterocycles. The van der Waals surface area contributed by atoms with Gasteiger partial charge in [0.15, 0.2) is 12.4 Å². The summed E-state index contributed by atoms with van der Waals surface area (Å²) in [6.45, 7) is 2.02. The van der Waals surface area contributed by atoms with Crippen LogP contribution in [0.15, 0.2) is 49.1 Å². The maximum atomic E-state index is 4.26. The first kappa shape index (κ1) is 11.3. The summed E-state index contributed by atoms with van der Waals surface area (Å²) in [5.41, 5.74) is 2.32. The molecule has 0 aliphatic heterocycles. The topological polar surface area (TPSA) is 28.8 Å². The molecule has 0 saturated heterocycles. The van der Waals surface area contributed by atoms with Gasteiger partial charge in [0.25, 0.3) is 0 Å². The number of nitrogens with one attached hydrogen (secondary N) is 1. The average Bonchev–Trinajstić information content (AvgIpc) is 2.34. The Morgan fingerprint density at radius 1 is 1.18 bits per heavy atom. The molecule has 1 N–H and O–H groups in total. The standard InChI is InChI=1S/C14H15N3/c1-12-3-4-14(16-11-12)15-8-5-13-6-9-17(2)10-7-13/h3-11H,1-2H3/p+1. The Kier molecular flexibility index (Phi) is 3.50. The van der Waals surface area contributed by atoms with Crippen LogP contribution in [0, 0.1) is 6.92 Å². The third-order valence-electron chi connectivity index (χ3n) is 2.42. The highest BCUT2D eigenvalue weighted by Gasteiger charge is 1.92. The van der Waals surface area contributed by atoms with Crippen LogP contribution in [0.2, 0.25) is 0 Å². The van der Waals surface area contributed by atoms with E-state index < -0.39 is 0 Å². The fraction of sp³-hybridized carbons (Fsp3) is 0.143. The maximum absolute atomic E-state index is 4.26. The number of aryl methyl sites for hydroxylation is 2. The second-order valence-corrected chi connectivity index (χ2v) is 4.00. The molecule has 17 heavy (non-hydrogen) atoms. The molecule has 0 fully saturated rings. The maximum Gasteiger partial charge on any atom is 0.169 e. The molecule has 3 heteroatoms. The molecule has 2 rings (SSSR count). The summed E-state index contributed by atoms with van der Waals surface area (Å²) in [5.74, 6) is 0.855. The quantitative estimate of drug-likeness (QED) is 0.814. The van der Waals surface area contributed by atoms with Crippen LogP contribution in [-0.2, 0) is 7.05 Å². The van der Waals surface area contributed by atoms with Crippen molar-refractivity contribution in [1.82, 2.24) is 4.98 Å². The number of pyridine rings is 2. The Hall–Kier alpha value is -2.16. The van der Waals surface area contributed by atoms with Gasteiger partial charge < -0.3 is 5.32 Å². The first-order chi connectivity index (χ1) is 8.24. The van der Waals surface area contributed by atoms with Crippen molar-refractivity contribution < 1.29 is 4.57 Å². The van der Waals surface area contributed by atoms with E-state index in [4.69, 9.17) is 0 Å². The van der Waals surface area contributed by atoms with E-state index in [0.29, 0.717) is 0 Å². The normalized spacial score (nSPS) is 10.7. The molecule has 0 bridgehead atoms. The predicted octanol–water partition coefficient (Wildman–Crippen LogP) is 2.30. The zero-order valence-electron chi connectivity index (χ0n) is 10.1. The molecule has 0 radical (unpaired) electrons. The van der Waals surface area contributed by atoms with Crippen molar-refractivity contribution in [3.8, 4) is 0 Å². The van der Waals surface area contributed by atoms with E-state index in [-0.39, 0.29) is 0 Å². The minimum atomic E-state index is 0.855. The highest BCUT2D eigenvalue weighted by atomic mass is 15.0. The number of rotatable bonds is 3. The van der Waals surface area contributed by atoms with Gasteiger partial charge in [0.1, 0.15) is 12.9 Å². The van der Waals surface area contributed by atoms with Gasteiger partial charge in [0.2, 0.25) is 0 Å².